The fourth-order valence-corrected chi connectivity index (χ4v) is 8.10. The monoisotopic (exact) mass is 553 g/mol. The Morgan fingerprint density at radius 1 is 0.558 bits per heavy atom. The van der Waals surface area contributed by atoms with Crippen LogP contribution in [0.3, 0.4) is 0 Å². The average molecular weight is 554 g/mol. The Hall–Kier alpha value is -4.62. The zero-order chi connectivity index (χ0) is 28.3. The Balaban J connectivity index is 1.20. The van der Waals surface area contributed by atoms with E-state index in [1.807, 2.05) is 0 Å². The molecule has 43 heavy (non-hydrogen) atoms. The van der Waals surface area contributed by atoms with Crippen molar-refractivity contribution >= 4 is 49.4 Å². The predicted octanol–water partition coefficient (Wildman–Crippen LogP) is 11.5. The van der Waals surface area contributed by atoms with Gasteiger partial charge in [0.25, 0.3) is 0 Å². The SMILES string of the molecule is C1=CC(C2C=CC(n3c4ccccc4c4ccc(-c5ccc6c7c(c8ccccc8c6c5)CCC=C7)cc43)CC2)=CCC1. The van der Waals surface area contributed by atoms with E-state index < -0.39 is 0 Å². The summed E-state index contributed by atoms with van der Waals surface area (Å²) in [5.41, 5.74) is 9.65. The second kappa shape index (κ2) is 9.99. The van der Waals surface area contributed by atoms with Gasteiger partial charge < -0.3 is 4.57 Å². The minimum atomic E-state index is 0.362. The molecule has 0 radical (unpaired) electrons. The third-order valence-electron chi connectivity index (χ3n) is 10.2. The van der Waals surface area contributed by atoms with Crippen molar-refractivity contribution in [1.29, 1.82) is 0 Å². The maximum atomic E-state index is 2.61. The van der Waals surface area contributed by atoms with E-state index in [0.717, 1.165) is 19.3 Å². The number of allylic oxidation sites excluding steroid dienone is 7. The van der Waals surface area contributed by atoms with Crippen molar-refractivity contribution < 1.29 is 0 Å². The Bertz CT molecular complexity index is 2200. The maximum Gasteiger partial charge on any atom is 0.0523 e. The van der Waals surface area contributed by atoms with E-state index in [2.05, 4.69) is 132 Å². The van der Waals surface area contributed by atoms with Gasteiger partial charge in [0, 0.05) is 22.2 Å². The van der Waals surface area contributed by atoms with Crippen LogP contribution in [0.2, 0.25) is 0 Å². The number of nitrogens with zero attached hydrogens (tertiary/aromatic N) is 1. The summed E-state index contributed by atoms with van der Waals surface area (Å²) in [4.78, 5) is 0. The van der Waals surface area contributed by atoms with Gasteiger partial charge in [-0.05, 0) is 106 Å². The lowest BCUT2D eigenvalue weighted by molar-refractivity contribution is 0.493. The van der Waals surface area contributed by atoms with Crippen molar-refractivity contribution in [1.82, 2.24) is 4.57 Å². The highest BCUT2D eigenvalue weighted by atomic mass is 15.0. The highest BCUT2D eigenvalue weighted by Gasteiger charge is 2.23. The maximum absolute atomic E-state index is 2.61. The summed E-state index contributed by atoms with van der Waals surface area (Å²) in [6.45, 7) is 0. The molecule has 1 heteroatoms. The summed E-state index contributed by atoms with van der Waals surface area (Å²) in [7, 11) is 0. The van der Waals surface area contributed by atoms with E-state index in [9.17, 15) is 0 Å². The molecule has 0 saturated heterocycles. The van der Waals surface area contributed by atoms with Gasteiger partial charge in [-0.15, -0.1) is 0 Å². The van der Waals surface area contributed by atoms with E-state index in [4.69, 9.17) is 0 Å². The van der Waals surface area contributed by atoms with Crippen LogP contribution in [0.15, 0.2) is 127 Å². The van der Waals surface area contributed by atoms with Gasteiger partial charge in [0.2, 0.25) is 0 Å². The first-order valence-corrected chi connectivity index (χ1v) is 16.1. The van der Waals surface area contributed by atoms with Crippen molar-refractivity contribution in [2.24, 2.45) is 5.92 Å². The van der Waals surface area contributed by atoms with Crippen LogP contribution in [0.5, 0.6) is 0 Å². The van der Waals surface area contributed by atoms with Crippen LogP contribution in [-0.4, -0.2) is 4.57 Å². The molecular weight excluding hydrogens is 518 g/mol. The highest BCUT2D eigenvalue weighted by molar-refractivity contribution is 6.14. The molecule has 2 unspecified atom stereocenters. The van der Waals surface area contributed by atoms with Crippen molar-refractivity contribution in [2.75, 3.05) is 0 Å². The number of hydrogen-bond donors (Lipinski definition) is 0. The number of fused-ring (bicyclic) bond motifs is 9. The Labute approximate surface area is 253 Å². The fourth-order valence-electron chi connectivity index (χ4n) is 8.10. The molecule has 3 aliphatic rings. The molecule has 9 rings (SSSR count). The molecule has 1 heterocycles. The van der Waals surface area contributed by atoms with Gasteiger partial charge in [0.05, 0.1) is 11.6 Å². The lowest BCUT2D eigenvalue weighted by atomic mass is 9.85. The largest absolute Gasteiger partial charge is 0.333 e. The number of aromatic nitrogens is 1. The van der Waals surface area contributed by atoms with Crippen LogP contribution in [0.4, 0.5) is 0 Å². The summed E-state index contributed by atoms with van der Waals surface area (Å²) < 4.78 is 2.61. The summed E-state index contributed by atoms with van der Waals surface area (Å²) in [6, 6.07) is 32.6. The van der Waals surface area contributed by atoms with Gasteiger partial charge >= 0.3 is 0 Å². The molecule has 3 aliphatic carbocycles. The zero-order valence-corrected chi connectivity index (χ0v) is 24.5. The molecule has 0 amide bonds. The molecule has 0 saturated carbocycles. The molecule has 6 aromatic rings. The molecule has 0 N–H and O–H groups in total. The van der Waals surface area contributed by atoms with E-state index in [1.165, 1.54) is 90.4 Å². The van der Waals surface area contributed by atoms with Crippen LogP contribution >= 0.6 is 0 Å². The van der Waals surface area contributed by atoms with Gasteiger partial charge in [0.1, 0.15) is 0 Å². The number of hydrogen-bond acceptors (Lipinski definition) is 0. The quantitative estimate of drug-likeness (QED) is 0.152. The molecule has 1 aromatic heterocycles. The van der Waals surface area contributed by atoms with E-state index in [0.29, 0.717) is 12.0 Å². The molecule has 0 spiro atoms. The summed E-state index contributed by atoms with van der Waals surface area (Å²) in [6.07, 6.45) is 23.7. The normalized spacial score (nSPS) is 19.9. The van der Waals surface area contributed by atoms with Gasteiger partial charge in [-0.25, -0.2) is 0 Å². The topological polar surface area (TPSA) is 4.93 Å². The number of rotatable bonds is 3. The Kier molecular flexibility index (Phi) is 5.79. The van der Waals surface area contributed by atoms with Crippen molar-refractivity contribution in [3.63, 3.8) is 0 Å². The summed E-state index contributed by atoms with van der Waals surface area (Å²) in [5, 5.41) is 8.19. The molecule has 2 atom stereocenters. The molecule has 0 fully saturated rings. The minimum Gasteiger partial charge on any atom is -0.333 e. The summed E-state index contributed by atoms with van der Waals surface area (Å²) in [5.74, 6) is 0.546. The lowest BCUT2D eigenvalue weighted by Crippen LogP contribution is -2.14. The molecule has 0 bridgehead atoms. The van der Waals surface area contributed by atoms with E-state index in [-0.39, 0.29) is 0 Å². The first-order valence-electron chi connectivity index (χ1n) is 16.1. The lowest BCUT2D eigenvalue weighted by Gasteiger charge is -2.27. The number of para-hydroxylation sites is 1. The van der Waals surface area contributed by atoms with Crippen LogP contribution in [0.25, 0.3) is 60.6 Å². The predicted molar refractivity (Wildman–Crippen MR) is 185 cm³/mol. The molecule has 208 valence electrons. The van der Waals surface area contributed by atoms with Crippen molar-refractivity contribution in [2.45, 2.75) is 44.6 Å². The standard InChI is InChI=1S/C42H35N/c1-2-10-28(11-3-1)29-18-22-32(23-19-29)43-41-17-9-8-16-38(41)39-25-21-31(27-42(39)43)30-20-24-37-35-14-5-4-12-33(35)34-13-6-7-15-36(34)40(37)26-30/h2,5-11,13-18,20-22,24-27,29,32H,1,3-4,12,19,23H2. The van der Waals surface area contributed by atoms with Crippen LogP contribution in [0.1, 0.15) is 49.3 Å². The average Bonchev–Trinajstić information content (AvgIpc) is 3.42. The number of benzene rings is 5. The smallest absolute Gasteiger partial charge is 0.0523 e. The second-order valence-electron chi connectivity index (χ2n) is 12.6. The Morgan fingerprint density at radius 2 is 1.33 bits per heavy atom. The molecule has 1 nitrogen and oxygen atoms in total. The van der Waals surface area contributed by atoms with Crippen LogP contribution in [-0.2, 0) is 6.42 Å². The Morgan fingerprint density at radius 3 is 2.16 bits per heavy atom. The minimum absolute atomic E-state index is 0.362. The zero-order valence-electron chi connectivity index (χ0n) is 24.5. The van der Waals surface area contributed by atoms with Gasteiger partial charge in [-0.3, -0.25) is 0 Å². The summed E-state index contributed by atoms with van der Waals surface area (Å²) >= 11 is 0. The molecular formula is C42H35N. The number of aryl methyl sites for hydroxylation is 1. The van der Waals surface area contributed by atoms with Gasteiger partial charge in [-0.1, -0.05) is 109 Å². The molecule has 0 aliphatic heterocycles. The van der Waals surface area contributed by atoms with Crippen LogP contribution < -0.4 is 0 Å². The van der Waals surface area contributed by atoms with Gasteiger partial charge in [-0.2, -0.15) is 0 Å². The van der Waals surface area contributed by atoms with Crippen LogP contribution in [0, 0.1) is 5.92 Å². The first-order chi connectivity index (χ1) is 21.3. The van der Waals surface area contributed by atoms with Crippen molar-refractivity contribution in [3.8, 4) is 11.1 Å². The third-order valence-corrected chi connectivity index (χ3v) is 10.2. The van der Waals surface area contributed by atoms with E-state index >= 15 is 0 Å². The van der Waals surface area contributed by atoms with Crippen molar-refractivity contribution in [3.05, 3.63) is 138 Å². The fraction of sp³-hybridized carbons (Fsp3) is 0.190. The molecule has 5 aromatic carbocycles. The first kappa shape index (κ1) is 24.9. The second-order valence-corrected chi connectivity index (χ2v) is 12.6. The van der Waals surface area contributed by atoms with E-state index in [1.54, 1.807) is 0 Å². The van der Waals surface area contributed by atoms with Gasteiger partial charge in [0.15, 0.2) is 0 Å². The third kappa shape index (κ3) is 3.98. The highest BCUT2D eigenvalue weighted by Crippen LogP contribution is 2.41.